The monoisotopic (exact) mass is 241 g/mol. The average Bonchev–Trinajstić information content (AvgIpc) is 2.52. The van der Waals surface area contributed by atoms with Crippen LogP contribution in [0.2, 0.25) is 5.15 Å². The lowest BCUT2D eigenvalue weighted by Gasteiger charge is -2.39. The predicted molar refractivity (Wildman–Crippen MR) is 60.1 cm³/mol. The van der Waals surface area contributed by atoms with Gasteiger partial charge in [-0.25, -0.2) is 4.79 Å². The number of fused-ring (bicyclic) bond motifs is 3. The molecule has 5 nitrogen and oxygen atoms in total. The van der Waals surface area contributed by atoms with Gasteiger partial charge in [-0.2, -0.15) is 4.98 Å². The predicted octanol–water partition coefficient (Wildman–Crippen LogP) is 0.506. The van der Waals surface area contributed by atoms with Gasteiger partial charge in [-0.05, 0) is 6.92 Å². The van der Waals surface area contributed by atoms with Gasteiger partial charge in [0, 0.05) is 12.6 Å². The summed E-state index contributed by atoms with van der Waals surface area (Å²) in [7, 11) is 0. The van der Waals surface area contributed by atoms with Gasteiger partial charge in [0.05, 0.1) is 25.3 Å². The van der Waals surface area contributed by atoms with E-state index in [1.807, 2.05) is 0 Å². The van der Waals surface area contributed by atoms with Crippen LogP contribution in [0.3, 0.4) is 0 Å². The highest BCUT2D eigenvalue weighted by Gasteiger charge is 2.43. The molecule has 86 valence electrons. The maximum atomic E-state index is 11.7. The van der Waals surface area contributed by atoms with E-state index >= 15 is 0 Å². The fourth-order valence-electron chi connectivity index (χ4n) is 2.50. The van der Waals surface area contributed by atoms with Gasteiger partial charge in [0.2, 0.25) is 0 Å². The molecule has 2 aliphatic rings. The first-order chi connectivity index (χ1) is 7.60. The third-order valence-electron chi connectivity index (χ3n) is 3.26. The lowest BCUT2D eigenvalue weighted by Crippen LogP contribution is -2.53. The number of morpholine rings is 1. The summed E-state index contributed by atoms with van der Waals surface area (Å²) < 4.78 is 7.14. The Balaban J connectivity index is 2.17. The third kappa shape index (κ3) is 1.28. The summed E-state index contributed by atoms with van der Waals surface area (Å²) in [5.74, 6) is 0.857. The number of ether oxygens (including phenoxy) is 1. The SMILES string of the molecule is CC12COCCN1c1cc(Cl)nc(=O)n1C2. The van der Waals surface area contributed by atoms with Crippen molar-refractivity contribution in [2.75, 3.05) is 24.7 Å². The molecule has 0 aliphatic carbocycles. The molecule has 0 amide bonds. The fourth-order valence-corrected chi connectivity index (χ4v) is 2.67. The molecule has 1 aromatic rings. The van der Waals surface area contributed by atoms with E-state index in [0.29, 0.717) is 19.8 Å². The van der Waals surface area contributed by atoms with Gasteiger partial charge in [-0.1, -0.05) is 11.6 Å². The third-order valence-corrected chi connectivity index (χ3v) is 3.45. The standard InChI is InChI=1S/C10H12ClN3O2/c1-10-5-13-8(4-7(11)12-9(13)15)14(10)2-3-16-6-10/h4H,2-3,5-6H2,1H3. The molecule has 1 saturated heterocycles. The van der Waals surface area contributed by atoms with Crippen molar-refractivity contribution in [1.82, 2.24) is 9.55 Å². The molecule has 0 bridgehead atoms. The Hall–Kier alpha value is -1.07. The normalized spacial score (nSPS) is 27.8. The quantitative estimate of drug-likeness (QED) is 0.621. The molecule has 2 aliphatic heterocycles. The highest BCUT2D eigenvalue weighted by atomic mass is 35.5. The van der Waals surface area contributed by atoms with Crippen LogP contribution in [0.25, 0.3) is 0 Å². The lowest BCUT2D eigenvalue weighted by atomic mass is 10.0. The van der Waals surface area contributed by atoms with Crippen LogP contribution in [0.5, 0.6) is 0 Å². The van der Waals surface area contributed by atoms with Crippen LogP contribution in [-0.2, 0) is 11.3 Å². The maximum Gasteiger partial charge on any atom is 0.350 e. The summed E-state index contributed by atoms with van der Waals surface area (Å²) in [5.41, 5.74) is -0.422. The van der Waals surface area contributed by atoms with Crippen molar-refractivity contribution in [2.24, 2.45) is 0 Å². The minimum Gasteiger partial charge on any atom is -0.377 e. The van der Waals surface area contributed by atoms with Gasteiger partial charge in [-0.15, -0.1) is 0 Å². The minimum absolute atomic E-state index is 0.142. The molecular formula is C10H12ClN3O2. The number of halogens is 1. The van der Waals surface area contributed by atoms with Crippen LogP contribution in [0.4, 0.5) is 5.82 Å². The Bertz CT molecular complexity index is 501. The maximum absolute atomic E-state index is 11.7. The number of hydrogen-bond acceptors (Lipinski definition) is 4. The molecule has 0 spiro atoms. The van der Waals surface area contributed by atoms with E-state index in [-0.39, 0.29) is 16.4 Å². The van der Waals surface area contributed by atoms with E-state index in [9.17, 15) is 4.79 Å². The first-order valence-corrected chi connectivity index (χ1v) is 5.61. The molecule has 1 atom stereocenters. The summed E-state index contributed by atoms with van der Waals surface area (Å²) in [6, 6.07) is 1.75. The summed E-state index contributed by atoms with van der Waals surface area (Å²) >= 11 is 5.82. The van der Waals surface area contributed by atoms with Crippen LogP contribution in [0, 0.1) is 0 Å². The smallest absolute Gasteiger partial charge is 0.350 e. The van der Waals surface area contributed by atoms with Crippen molar-refractivity contribution in [2.45, 2.75) is 19.0 Å². The largest absolute Gasteiger partial charge is 0.377 e. The van der Waals surface area contributed by atoms with E-state index in [0.717, 1.165) is 12.4 Å². The Morgan fingerprint density at radius 3 is 3.25 bits per heavy atom. The van der Waals surface area contributed by atoms with E-state index in [2.05, 4.69) is 16.8 Å². The van der Waals surface area contributed by atoms with Crippen LogP contribution >= 0.6 is 11.6 Å². The minimum atomic E-state index is -0.280. The summed E-state index contributed by atoms with van der Waals surface area (Å²) in [6.45, 7) is 4.81. The zero-order valence-electron chi connectivity index (χ0n) is 8.94. The fraction of sp³-hybridized carbons (Fsp3) is 0.600. The van der Waals surface area contributed by atoms with Gasteiger partial charge >= 0.3 is 5.69 Å². The first kappa shape index (κ1) is 10.1. The molecule has 0 aromatic carbocycles. The molecule has 0 saturated carbocycles. The second kappa shape index (κ2) is 3.21. The Labute approximate surface area is 97.6 Å². The van der Waals surface area contributed by atoms with E-state index in [1.165, 1.54) is 0 Å². The Kier molecular flexibility index (Phi) is 2.03. The second-order valence-electron chi connectivity index (χ2n) is 4.51. The van der Waals surface area contributed by atoms with Crippen molar-refractivity contribution < 1.29 is 4.74 Å². The van der Waals surface area contributed by atoms with Crippen molar-refractivity contribution in [3.63, 3.8) is 0 Å². The number of rotatable bonds is 0. The Morgan fingerprint density at radius 1 is 1.62 bits per heavy atom. The molecule has 3 rings (SSSR count). The summed E-state index contributed by atoms with van der Waals surface area (Å²) in [4.78, 5) is 17.6. The van der Waals surface area contributed by atoms with Crippen LogP contribution < -0.4 is 10.6 Å². The number of nitrogens with zero attached hydrogens (tertiary/aromatic N) is 3. The van der Waals surface area contributed by atoms with Gasteiger partial charge in [-0.3, -0.25) is 4.57 Å². The molecule has 1 unspecified atom stereocenters. The van der Waals surface area contributed by atoms with Gasteiger partial charge in [0.1, 0.15) is 11.0 Å². The Morgan fingerprint density at radius 2 is 2.44 bits per heavy atom. The van der Waals surface area contributed by atoms with Crippen molar-refractivity contribution >= 4 is 17.4 Å². The van der Waals surface area contributed by atoms with Gasteiger partial charge in [0.15, 0.2) is 0 Å². The molecule has 0 radical (unpaired) electrons. The number of anilines is 1. The van der Waals surface area contributed by atoms with Crippen molar-refractivity contribution in [3.05, 3.63) is 21.7 Å². The van der Waals surface area contributed by atoms with E-state index in [4.69, 9.17) is 16.3 Å². The first-order valence-electron chi connectivity index (χ1n) is 5.23. The van der Waals surface area contributed by atoms with Gasteiger partial charge in [0.25, 0.3) is 0 Å². The summed E-state index contributed by atoms with van der Waals surface area (Å²) in [5, 5.41) is 0.256. The lowest BCUT2D eigenvalue weighted by molar-refractivity contribution is 0.0586. The number of aromatic nitrogens is 2. The topological polar surface area (TPSA) is 47.4 Å². The molecule has 1 aromatic heterocycles. The number of hydrogen-bond donors (Lipinski definition) is 0. The molecule has 0 N–H and O–H groups in total. The zero-order chi connectivity index (χ0) is 11.3. The van der Waals surface area contributed by atoms with Gasteiger partial charge < -0.3 is 9.64 Å². The average molecular weight is 242 g/mol. The van der Waals surface area contributed by atoms with Crippen LogP contribution in [0.1, 0.15) is 6.92 Å². The molecule has 16 heavy (non-hydrogen) atoms. The zero-order valence-corrected chi connectivity index (χ0v) is 9.70. The molecule has 3 heterocycles. The highest BCUT2D eigenvalue weighted by molar-refractivity contribution is 6.29. The van der Waals surface area contributed by atoms with E-state index in [1.54, 1.807) is 10.6 Å². The van der Waals surface area contributed by atoms with E-state index < -0.39 is 0 Å². The molecular weight excluding hydrogens is 230 g/mol. The van der Waals surface area contributed by atoms with Crippen LogP contribution in [0.15, 0.2) is 10.9 Å². The molecule has 1 fully saturated rings. The second-order valence-corrected chi connectivity index (χ2v) is 4.89. The van der Waals surface area contributed by atoms with Crippen molar-refractivity contribution in [3.8, 4) is 0 Å². The summed E-state index contributed by atoms with van der Waals surface area (Å²) in [6.07, 6.45) is 0. The van der Waals surface area contributed by atoms with Crippen LogP contribution in [-0.4, -0.2) is 34.8 Å². The molecule has 6 heteroatoms. The highest BCUT2D eigenvalue weighted by Crippen LogP contribution is 2.34. The van der Waals surface area contributed by atoms with Crippen molar-refractivity contribution in [1.29, 1.82) is 0 Å².